The van der Waals surface area contributed by atoms with E-state index in [2.05, 4.69) is 10.6 Å². The lowest BCUT2D eigenvalue weighted by atomic mass is 10.0. The van der Waals surface area contributed by atoms with Crippen LogP contribution in [0.5, 0.6) is 17.2 Å². The zero-order valence-corrected chi connectivity index (χ0v) is 15.5. The van der Waals surface area contributed by atoms with Crippen molar-refractivity contribution in [3.63, 3.8) is 0 Å². The molecule has 2 N–H and O–H groups in total. The predicted molar refractivity (Wildman–Crippen MR) is 98.8 cm³/mol. The van der Waals surface area contributed by atoms with Gasteiger partial charge in [0, 0.05) is 5.56 Å². The number of hydrogen-bond acceptors (Lipinski definition) is 4. The van der Waals surface area contributed by atoms with Gasteiger partial charge in [-0.3, -0.25) is 0 Å². The van der Waals surface area contributed by atoms with Gasteiger partial charge in [0.15, 0.2) is 11.5 Å². The van der Waals surface area contributed by atoms with E-state index in [-0.39, 0.29) is 24.9 Å². The number of urea groups is 1. The summed E-state index contributed by atoms with van der Waals surface area (Å²) in [6, 6.07) is 11.0. The second-order valence-electron chi connectivity index (χ2n) is 6.42. The summed E-state index contributed by atoms with van der Waals surface area (Å²) < 4.78 is 16.1. The summed E-state index contributed by atoms with van der Waals surface area (Å²) in [5.74, 6) is 2.19. The van der Waals surface area contributed by atoms with Crippen LogP contribution in [-0.2, 0) is 0 Å². The van der Waals surface area contributed by atoms with Crippen LogP contribution in [0.4, 0.5) is 4.79 Å². The fraction of sp³-hybridized carbons (Fsp3) is 0.350. The van der Waals surface area contributed by atoms with Crippen molar-refractivity contribution in [3.05, 3.63) is 53.1 Å². The molecule has 0 aliphatic carbocycles. The largest absolute Gasteiger partial charge is 0.496 e. The molecule has 0 fully saturated rings. The lowest BCUT2D eigenvalue weighted by Gasteiger charge is -2.20. The van der Waals surface area contributed by atoms with Crippen LogP contribution in [0.3, 0.4) is 0 Å². The van der Waals surface area contributed by atoms with Crippen molar-refractivity contribution >= 4 is 6.03 Å². The number of methoxy groups -OCH3 is 1. The summed E-state index contributed by atoms with van der Waals surface area (Å²) in [7, 11) is 1.63. The molecule has 26 heavy (non-hydrogen) atoms. The molecule has 1 aliphatic heterocycles. The molecule has 6 heteroatoms. The van der Waals surface area contributed by atoms with E-state index in [1.807, 2.05) is 57.2 Å². The molecule has 3 rings (SSSR count). The standard InChI is InChI=1S/C20H24N2O4/c1-12-5-7-17(24-4)16(9-12)14(3)22-20(23)21-13(2)15-6-8-18-19(10-15)26-11-25-18/h5-10,13-14H,11H2,1-4H3,(H2,21,22,23). The maximum absolute atomic E-state index is 12.4. The highest BCUT2D eigenvalue weighted by atomic mass is 16.7. The van der Waals surface area contributed by atoms with Gasteiger partial charge in [-0.1, -0.05) is 23.8 Å². The number of carbonyl (C=O) groups excluding carboxylic acids is 1. The molecule has 6 nitrogen and oxygen atoms in total. The fourth-order valence-corrected chi connectivity index (χ4v) is 2.97. The van der Waals surface area contributed by atoms with Crippen LogP contribution in [0.2, 0.25) is 0 Å². The van der Waals surface area contributed by atoms with Crippen LogP contribution in [0.15, 0.2) is 36.4 Å². The minimum absolute atomic E-state index is 0.170. The van der Waals surface area contributed by atoms with Crippen molar-refractivity contribution in [1.29, 1.82) is 0 Å². The van der Waals surface area contributed by atoms with Gasteiger partial charge in [0.25, 0.3) is 0 Å². The number of carbonyl (C=O) groups is 1. The van der Waals surface area contributed by atoms with Gasteiger partial charge >= 0.3 is 6.03 Å². The van der Waals surface area contributed by atoms with Crippen LogP contribution in [0.25, 0.3) is 0 Å². The molecule has 0 saturated carbocycles. The van der Waals surface area contributed by atoms with E-state index in [4.69, 9.17) is 14.2 Å². The molecule has 1 heterocycles. The summed E-state index contributed by atoms with van der Waals surface area (Å²) in [5, 5.41) is 5.92. The maximum atomic E-state index is 12.4. The number of rotatable bonds is 5. The predicted octanol–water partition coefficient (Wildman–Crippen LogP) is 3.85. The number of ether oxygens (including phenoxy) is 3. The van der Waals surface area contributed by atoms with E-state index < -0.39 is 0 Å². The number of amides is 2. The average molecular weight is 356 g/mol. The fourth-order valence-electron chi connectivity index (χ4n) is 2.97. The highest BCUT2D eigenvalue weighted by Crippen LogP contribution is 2.34. The van der Waals surface area contributed by atoms with Gasteiger partial charge in [-0.25, -0.2) is 4.79 Å². The molecule has 2 aromatic rings. The number of hydrogen-bond donors (Lipinski definition) is 2. The Morgan fingerprint density at radius 2 is 1.77 bits per heavy atom. The summed E-state index contributed by atoms with van der Waals surface area (Å²) in [6.07, 6.45) is 0. The first kappa shape index (κ1) is 17.9. The molecular formula is C20H24N2O4. The van der Waals surface area contributed by atoms with Crippen LogP contribution >= 0.6 is 0 Å². The summed E-state index contributed by atoms with van der Waals surface area (Å²) in [5.41, 5.74) is 3.01. The van der Waals surface area contributed by atoms with Gasteiger partial charge in [-0.05, 0) is 44.5 Å². The van der Waals surface area contributed by atoms with Crippen LogP contribution in [-0.4, -0.2) is 19.9 Å². The van der Waals surface area contributed by atoms with Gasteiger partial charge in [-0.2, -0.15) is 0 Å². The first-order valence-corrected chi connectivity index (χ1v) is 8.59. The molecular weight excluding hydrogens is 332 g/mol. The third-order valence-corrected chi connectivity index (χ3v) is 4.44. The third kappa shape index (κ3) is 3.85. The third-order valence-electron chi connectivity index (χ3n) is 4.44. The van der Waals surface area contributed by atoms with Gasteiger partial charge in [0.05, 0.1) is 19.2 Å². The number of aryl methyl sites for hydroxylation is 1. The topological polar surface area (TPSA) is 68.8 Å². The maximum Gasteiger partial charge on any atom is 0.315 e. The molecule has 2 atom stereocenters. The van der Waals surface area contributed by atoms with Crippen LogP contribution in [0, 0.1) is 6.92 Å². The minimum atomic E-state index is -0.244. The molecule has 2 amide bonds. The number of nitrogens with one attached hydrogen (secondary N) is 2. The Morgan fingerprint density at radius 1 is 1.04 bits per heavy atom. The average Bonchev–Trinajstić information content (AvgIpc) is 3.09. The minimum Gasteiger partial charge on any atom is -0.496 e. The lowest BCUT2D eigenvalue weighted by molar-refractivity contribution is 0.174. The lowest BCUT2D eigenvalue weighted by Crippen LogP contribution is -2.38. The highest BCUT2D eigenvalue weighted by molar-refractivity contribution is 5.75. The van der Waals surface area contributed by atoms with E-state index in [1.165, 1.54) is 0 Å². The van der Waals surface area contributed by atoms with Crippen molar-refractivity contribution in [2.45, 2.75) is 32.9 Å². The van der Waals surface area contributed by atoms with E-state index in [9.17, 15) is 4.79 Å². The number of benzene rings is 2. The monoisotopic (exact) mass is 356 g/mol. The van der Waals surface area contributed by atoms with Crippen molar-refractivity contribution in [1.82, 2.24) is 10.6 Å². The molecule has 0 saturated heterocycles. The Bertz CT molecular complexity index is 806. The normalized spacial score (nSPS) is 14.5. The molecule has 0 radical (unpaired) electrons. The highest BCUT2D eigenvalue weighted by Gasteiger charge is 2.18. The Hall–Kier alpha value is -2.89. The molecule has 0 aromatic heterocycles. The number of fused-ring (bicyclic) bond motifs is 1. The summed E-state index contributed by atoms with van der Waals surface area (Å²) in [4.78, 5) is 12.4. The Kier molecular flexibility index (Phi) is 5.21. The first-order chi connectivity index (χ1) is 12.5. The zero-order valence-electron chi connectivity index (χ0n) is 15.5. The van der Waals surface area contributed by atoms with Crippen molar-refractivity contribution in [3.8, 4) is 17.2 Å². The van der Waals surface area contributed by atoms with Crippen LogP contribution in [0.1, 0.15) is 42.6 Å². The Labute approximate surface area is 153 Å². The summed E-state index contributed by atoms with van der Waals surface area (Å²) >= 11 is 0. The second kappa shape index (κ2) is 7.56. The van der Waals surface area contributed by atoms with Gasteiger partial charge in [0.1, 0.15) is 5.75 Å². The van der Waals surface area contributed by atoms with Gasteiger partial charge in [-0.15, -0.1) is 0 Å². The second-order valence-corrected chi connectivity index (χ2v) is 6.42. The molecule has 0 spiro atoms. The van der Waals surface area contributed by atoms with E-state index in [1.54, 1.807) is 7.11 Å². The van der Waals surface area contributed by atoms with Crippen molar-refractivity contribution in [2.24, 2.45) is 0 Å². The Balaban J connectivity index is 1.64. The molecule has 2 aromatic carbocycles. The molecule has 0 bridgehead atoms. The molecule has 2 unspecified atom stereocenters. The van der Waals surface area contributed by atoms with E-state index in [0.29, 0.717) is 5.75 Å². The molecule has 138 valence electrons. The first-order valence-electron chi connectivity index (χ1n) is 8.59. The quantitative estimate of drug-likeness (QED) is 0.854. The Morgan fingerprint density at radius 3 is 2.54 bits per heavy atom. The summed E-state index contributed by atoms with van der Waals surface area (Å²) in [6.45, 7) is 6.10. The van der Waals surface area contributed by atoms with Crippen molar-refractivity contribution < 1.29 is 19.0 Å². The SMILES string of the molecule is COc1ccc(C)cc1C(C)NC(=O)NC(C)c1ccc2c(c1)OCO2. The van der Waals surface area contributed by atoms with Crippen molar-refractivity contribution in [2.75, 3.05) is 13.9 Å². The molecule has 1 aliphatic rings. The smallest absolute Gasteiger partial charge is 0.315 e. The van der Waals surface area contributed by atoms with Crippen LogP contribution < -0.4 is 24.8 Å². The van der Waals surface area contributed by atoms with E-state index >= 15 is 0 Å². The van der Waals surface area contributed by atoms with Gasteiger partial charge < -0.3 is 24.8 Å². The van der Waals surface area contributed by atoms with E-state index in [0.717, 1.165) is 28.2 Å². The van der Waals surface area contributed by atoms with Gasteiger partial charge in [0.2, 0.25) is 6.79 Å². The zero-order chi connectivity index (χ0) is 18.7.